The van der Waals surface area contributed by atoms with Crippen molar-refractivity contribution in [2.75, 3.05) is 0 Å². The van der Waals surface area contributed by atoms with Crippen LogP contribution in [0.4, 0.5) is 0 Å². The molecule has 0 fully saturated rings. The van der Waals surface area contributed by atoms with E-state index in [2.05, 4.69) is 5.32 Å². The van der Waals surface area contributed by atoms with Crippen LogP contribution in [0.5, 0.6) is 0 Å². The van der Waals surface area contributed by atoms with E-state index in [1.807, 2.05) is 0 Å². The van der Waals surface area contributed by atoms with Gasteiger partial charge in [0.1, 0.15) is 0 Å². The summed E-state index contributed by atoms with van der Waals surface area (Å²) in [4.78, 5) is 11.8. The maximum Gasteiger partial charge on any atom is 0.251 e. The van der Waals surface area contributed by atoms with Gasteiger partial charge in [0, 0.05) is 10.6 Å². The van der Waals surface area contributed by atoms with Crippen LogP contribution in [0, 0.1) is 0 Å². The van der Waals surface area contributed by atoms with Crippen LogP contribution in [-0.2, 0) is 0 Å². The molecule has 0 bridgehead atoms. The number of halogens is 1. The first-order chi connectivity index (χ1) is 7.33. The summed E-state index contributed by atoms with van der Waals surface area (Å²) in [5.41, 5.74) is -0.180. The number of hydrogen-bond donors (Lipinski definition) is 2. The van der Waals surface area contributed by atoms with Gasteiger partial charge < -0.3 is 10.4 Å². The first kappa shape index (κ1) is 13.0. The van der Waals surface area contributed by atoms with Gasteiger partial charge in [-0.3, -0.25) is 4.79 Å². The highest BCUT2D eigenvalue weighted by Gasteiger charge is 2.26. The Balaban J connectivity index is 2.81. The van der Waals surface area contributed by atoms with Gasteiger partial charge in [-0.05, 0) is 39.0 Å². The largest absolute Gasteiger partial charge is 0.391 e. The third-order valence-corrected chi connectivity index (χ3v) is 2.80. The molecular formula is C12H16ClNO2. The van der Waals surface area contributed by atoms with Gasteiger partial charge in [-0.15, -0.1) is 0 Å². The predicted molar refractivity (Wildman–Crippen MR) is 64.7 cm³/mol. The molecule has 0 aliphatic rings. The molecule has 3 nitrogen and oxygen atoms in total. The third kappa shape index (κ3) is 3.22. The van der Waals surface area contributed by atoms with E-state index in [1.54, 1.807) is 45.0 Å². The van der Waals surface area contributed by atoms with Gasteiger partial charge in [-0.2, -0.15) is 0 Å². The number of carbonyl (C=O) groups is 1. The number of hydrogen-bond acceptors (Lipinski definition) is 2. The predicted octanol–water partition coefficient (Wildman–Crippen LogP) is 2.23. The fraction of sp³-hybridized carbons (Fsp3) is 0.417. The molecule has 0 spiro atoms. The molecule has 1 aromatic carbocycles. The van der Waals surface area contributed by atoms with Crippen LogP contribution in [0.15, 0.2) is 24.3 Å². The molecule has 4 heteroatoms. The lowest BCUT2D eigenvalue weighted by atomic mass is 9.98. The highest BCUT2D eigenvalue weighted by atomic mass is 35.5. The van der Waals surface area contributed by atoms with Gasteiger partial charge in [0.15, 0.2) is 0 Å². The molecule has 1 aromatic rings. The van der Waals surface area contributed by atoms with Crippen molar-refractivity contribution in [1.82, 2.24) is 5.32 Å². The number of aliphatic hydroxyl groups excluding tert-OH is 1. The zero-order valence-corrected chi connectivity index (χ0v) is 10.4. The molecule has 1 unspecified atom stereocenters. The van der Waals surface area contributed by atoms with Crippen LogP contribution >= 0.6 is 11.6 Å². The van der Waals surface area contributed by atoms with Crippen molar-refractivity contribution in [2.45, 2.75) is 32.4 Å². The summed E-state index contributed by atoms with van der Waals surface area (Å²) < 4.78 is 0. The van der Waals surface area contributed by atoms with Crippen LogP contribution in [0.3, 0.4) is 0 Å². The molecule has 0 aliphatic heterocycles. The second-order valence-electron chi connectivity index (χ2n) is 4.36. The Morgan fingerprint density at radius 3 is 2.62 bits per heavy atom. The van der Waals surface area contributed by atoms with E-state index in [-0.39, 0.29) is 5.91 Å². The average Bonchev–Trinajstić information content (AvgIpc) is 2.16. The monoisotopic (exact) mass is 241 g/mol. The number of rotatable bonds is 3. The lowest BCUT2D eigenvalue weighted by molar-refractivity contribution is 0.0709. The van der Waals surface area contributed by atoms with E-state index in [9.17, 15) is 9.90 Å². The lowest BCUT2D eigenvalue weighted by Crippen LogP contribution is -2.50. The standard InChI is InChI=1S/C12H16ClNO2/c1-8(15)12(2,3)14-11(16)9-5-4-6-10(13)7-9/h4-8,15H,1-3H3,(H,14,16). The Labute approximate surface area is 100 Å². The van der Waals surface area contributed by atoms with Crippen LogP contribution in [0.1, 0.15) is 31.1 Å². The summed E-state index contributed by atoms with van der Waals surface area (Å²) in [7, 11) is 0. The summed E-state index contributed by atoms with van der Waals surface area (Å²) in [5.74, 6) is -0.242. The summed E-state index contributed by atoms with van der Waals surface area (Å²) in [6.45, 7) is 5.17. The van der Waals surface area contributed by atoms with Crippen molar-refractivity contribution in [2.24, 2.45) is 0 Å². The minimum absolute atomic E-state index is 0.242. The highest BCUT2D eigenvalue weighted by Crippen LogP contribution is 2.13. The summed E-state index contributed by atoms with van der Waals surface area (Å²) in [6, 6.07) is 6.69. The summed E-state index contributed by atoms with van der Waals surface area (Å²) >= 11 is 5.79. The molecule has 0 heterocycles. The van der Waals surface area contributed by atoms with Crippen LogP contribution in [0.25, 0.3) is 0 Å². The van der Waals surface area contributed by atoms with Crippen LogP contribution in [-0.4, -0.2) is 22.7 Å². The summed E-state index contributed by atoms with van der Waals surface area (Å²) in [5, 5.41) is 12.8. The number of nitrogens with one attached hydrogen (secondary N) is 1. The molecule has 0 saturated carbocycles. The first-order valence-corrected chi connectivity index (χ1v) is 5.47. The third-order valence-electron chi connectivity index (χ3n) is 2.57. The van der Waals surface area contributed by atoms with E-state index in [4.69, 9.17) is 11.6 Å². The Bertz CT molecular complexity index is 388. The molecule has 2 N–H and O–H groups in total. The second-order valence-corrected chi connectivity index (χ2v) is 4.80. The Hall–Kier alpha value is -1.06. The Kier molecular flexibility index (Phi) is 3.94. The first-order valence-electron chi connectivity index (χ1n) is 5.09. The minimum Gasteiger partial charge on any atom is -0.391 e. The molecule has 16 heavy (non-hydrogen) atoms. The average molecular weight is 242 g/mol. The zero-order valence-electron chi connectivity index (χ0n) is 9.62. The fourth-order valence-electron chi connectivity index (χ4n) is 1.10. The lowest BCUT2D eigenvalue weighted by Gasteiger charge is -2.29. The normalized spacial score (nSPS) is 13.3. The zero-order chi connectivity index (χ0) is 12.3. The van der Waals surface area contributed by atoms with Crippen molar-refractivity contribution in [3.05, 3.63) is 34.9 Å². The van der Waals surface area contributed by atoms with Gasteiger partial charge >= 0.3 is 0 Å². The minimum atomic E-state index is -0.667. The molecule has 0 saturated heterocycles. The van der Waals surface area contributed by atoms with Crippen LogP contribution < -0.4 is 5.32 Å². The van der Waals surface area contributed by atoms with Crippen molar-refractivity contribution in [3.8, 4) is 0 Å². The van der Waals surface area contributed by atoms with Gasteiger partial charge in [-0.1, -0.05) is 17.7 Å². The Morgan fingerprint density at radius 1 is 1.50 bits per heavy atom. The topological polar surface area (TPSA) is 49.3 Å². The van der Waals surface area contributed by atoms with Crippen molar-refractivity contribution in [1.29, 1.82) is 0 Å². The number of aliphatic hydroxyl groups is 1. The smallest absolute Gasteiger partial charge is 0.251 e. The maximum absolute atomic E-state index is 11.8. The van der Waals surface area contributed by atoms with Crippen LogP contribution in [0.2, 0.25) is 5.02 Å². The molecule has 1 rings (SSSR count). The highest BCUT2D eigenvalue weighted by molar-refractivity contribution is 6.30. The number of amides is 1. The van der Waals surface area contributed by atoms with E-state index < -0.39 is 11.6 Å². The number of carbonyl (C=O) groups excluding carboxylic acids is 1. The van der Waals surface area contributed by atoms with Crippen molar-refractivity contribution >= 4 is 17.5 Å². The molecular weight excluding hydrogens is 226 g/mol. The van der Waals surface area contributed by atoms with E-state index in [0.29, 0.717) is 10.6 Å². The van der Waals surface area contributed by atoms with Crippen molar-refractivity contribution < 1.29 is 9.90 Å². The maximum atomic E-state index is 11.8. The second kappa shape index (κ2) is 4.85. The molecule has 0 aromatic heterocycles. The van der Waals surface area contributed by atoms with E-state index in [0.717, 1.165) is 0 Å². The molecule has 88 valence electrons. The molecule has 0 radical (unpaired) electrons. The van der Waals surface area contributed by atoms with Gasteiger partial charge in [-0.25, -0.2) is 0 Å². The fourth-order valence-corrected chi connectivity index (χ4v) is 1.29. The van der Waals surface area contributed by atoms with E-state index in [1.165, 1.54) is 0 Å². The Morgan fingerprint density at radius 2 is 2.12 bits per heavy atom. The van der Waals surface area contributed by atoms with Gasteiger partial charge in [0.2, 0.25) is 0 Å². The molecule has 0 aliphatic carbocycles. The SMILES string of the molecule is CC(O)C(C)(C)NC(=O)c1cccc(Cl)c1. The van der Waals surface area contributed by atoms with Gasteiger partial charge in [0.25, 0.3) is 5.91 Å². The number of benzene rings is 1. The van der Waals surface area contributed by atoms with Crippen molar-refractivity contribution in [3.63, 3.8) is 0 Å². The summed E-state index contributed by atoms with van der Waals surface area (Å²) in [6.07, 6.45) is -0.629. The van der Waals surface area contributed by atoms with E-state index >= 15 is 0 Å². The molecule has 1 atom stereocenters. The quantitative estimate of drug-likeness (QED) is 0.853. The molecule has 1 amide bonds. The van der Waals surface area contributed by atoms with Gasteiger partial charge in [0.05, 0.1) is 11.6 Å².